The Balaban J connectivity index is 1.82. The first-order valence-corrected chi connectivity index (χ1v) is 10.2. The number of carbonyl (C=O) groups is 1. The zero-order valence-corrected chi connectivity index (χ0v) is 18.9. The van der Waals surface area contributed by atoms with Crippen LogP contribution in [0.3, 0.4) is 0 Å². The summed E-state index contributed by atoms with van der Waals surface area (Å²) in [4.78, 5) is 14.5. The van der Waals surface area contributed by atoms with Crippen LogP contribution in [-0.4, -0.2) is 34.7 Å². The highest BCUT2D eigenvalue weighted by Crippen LogP contribution is 2.31. The van der Waals surface area contributed by atoms with Crippen molar-refractivity contribution >= 4 is 17.5 Å². The molecule has 5 nitrogen and oxygen atoms in total. The Morgan fingerprint density at radius 2 is 1.91 bits per heavy atom. The summed E-state index contributed by atoms with van der Waals surface area (Å²) < 4.78 is 46.0. The number of halogens is 4. The van der Waals surface area contributed by atoms with E-state index < -0.39 is 11.7 Å². The highest BCUT2D eigenvalue weighted by molar-refractivity contribution is 6.30. The predicted molar refractivity (Wildman–Crippen MR) is 116 cm³/mol. The number of nitrogens with zero attached hydrogens (tertiary/aromatic N) is 3. The van der Waals surface area contributed by atoms with E-state index in [2.05, 4.69) is 5.10 Å². The van der Waals surface area contributed by atoms with Gasteiger partial charge in [-0.2, -0.15) is 18.3 Å². The first-order chi connectivity index (χ1) is 15.0. The molecule has 0 atom stereocenters. The van der Waals surface area contributed by atoms with Gasteiger partial charge in [-0.15, -0.1) is 0 Å². The smallest absolute Gasteiger partial charge is 0.416 e. The van der Waals surface area contributed by atoms with Crippen LogP contribution in [-0.2, 0) is 23.9 Å². The lowest BCUT2D eigenvalue weighted by Gasteiger charge is -2.19. The van der Waals surface area contributed by atoms with E-state index in [9.17, 15) is 18.0 Å². The number of hydrogen-bond acceptors (Lipinski definition) is 3. The number of carbonyl (C=O) groups excluding carboxylic acids is 1. The maximum atomic E-state index is 13.1. The van der Waals surface area contributed by atoms with E-state index in [1.54, 1.807) is 57.2 Å². The molecule has 3 aromatic rings. The third-order valence-corrected chi connectivity index (χ3v) is 5.50. The molecular formula is C23H23ClF3N3O2. The lowest BCUT2D eigenvalue weighted by molar-refractivity contribution is -0.137. The molecule has 0 aliphatic heterocycles. The van der Waals surface area contributed by atoms with E-state index in [-0.39, 0.29) is 18.0 Å². The van der Waals surface area contributed by atoms with E-state index in [1.165, 1.54) is 10.7 Å². The summed E-state index contributed by atoms with van der Waals surface area (Å²) in [5.74, 6) is 0.459. The first-order valence-electron chi connectivity index (χ1n) is 9.80. The molecule has 0 radical (unpaired) electrons. The molecule has 1 heterocycles. The number of aryl methyl sites for hydroxylation is 1. The lowest BCUT2D eigenvalue weighted by Crippen LogP contribution is -2.28. The van der Waals surface area contributed by atoms with Gasteiger partial charge in [0.25, 0.3) is 0 Å². The van der Waals surface area contributed by atoms with E-state index >= 15 is 0 Å². The number of alkyl halides is 3. The molecule has 32 heavy (non-hydrogen) atoms. The first kappa shape index (κ1) is 23.7. The normalized spacial score (nSPS) is 11.5. The van der Waals surface area contributed by atoms with Crippen LogP contribution in [0, 0.1) is 13.8 Å². The van der Waals surface area contributed by atoms with E-state index in [0.717, 1.165) is 17.7 Å². The summed E-state index contributed by atoms with van der Waals surface area (Å²) in [5.41, 5.74) is 2.18. The molecule has 0 bridgehead atoms. The molecule has 0 saturated heterocycles. The zero-order valence-electron chi connectivity index (χ0n) is 18.1. The average Bonchev–Trinajstić information content (AvgIpc) is 3.01. The van der Waals surface area contributed by atoms with Crippen molar-refractivity contribution in [3.05, 3.63) is 75.6 Å². The van der Waals surface area contributed by atoms with E-state index in [1.807, 2.05) is 0 Å². The SMILES string of the molecule is COc1ccc(Cl)cc1CN(C)C(=O)Cc1c(C)nn(-c2cccc(C(F)(F)F)c2)c1C. The Labute approximate surface area is 189 Å². The highest BCUT2D eigenvalue weighted by atomic mass is 35.5. The topological polar surface area (TPSA) is 47.4 Å². The summed E-state index contributed by atoms with van der Waals surface area (Å²) >= 11 is 6.07. The summed E-state index contributed by atoms with van der Waals surface area (Å²) in [7, 11) is 3.22. The van der Waals surface area contributed by atoms with Crippen molar-refractivity contribution in [2.24, 2.45) is 0 Å². The lowest BCUT2D eigenvalue weighted by atomic mass is 10.1. The third kappa shape index (κ3) is 5.07. The van der Waals surface area contributed by atoms with Gasteiger partial charge in [-0.05, 0) is 50.2 Å². The van der Waals surface area contributed by atoms with E-state index in [0.29, 0.717) is 34.3 Å². The molecule has 3 rings (SSSR count). The zero-order chi connectivity index (χ0) is 23.6. The summed E-state index contributed by atoms with van der Waals surface area (Å²) in [6, 6.07) is 10.1. The van der Waals surface area contributed by atoms with Gasteiger partial charge < -0.3 is 9.64 Å². The van der Waals surface area contributed by atoms with Crippen LogP contribution >= 0.6 is 11.6 Å². The minimum Gasteiger partial charge on any atom is -0.496 e. The van der Waals surface area contributed by atoms with Gasteiger partial charge in [0.2, 0.25) is 5.91 Å². The second-order valence-electron chi connectivity index (χ2n) is 7.49. The van der Waals surface area contributed by atoms with Gasteiger partial charge in [0.05, 0.1) is 30.5 Å². The third-order valence-electron chi connectivity index (χ3n) is 5.26. The van der Waals surface area contributed by atoms with Gasteiger partial charge in [0.1, 0.15) is 5.75 Å². The molecule has 1 aromatic heterocycles. The number of benzene rings is 2. The minimum absolute atomic E-state index is 0.0655. The maximum absolute atomic E-state index is 13.1. The number of ether oxygens (including phenoxy) is 1. The van der Waals surface area contributed by atoms with Gasteiger partial charge in [-0.3, -0.25) is 4.79 Å². The van der Waals surface area contributed by atoms with Crippen LogP contribution in [0.2, 0.25) is 5.02 Å². The van der Waals surface area contributed by atoms with Crippen molar-refractivity contribution in [3.8, 4) is 11.4 Å². The molecule has 0 aliphatic rings. The van der Waals surface area contributed by atoms with Crippen molar-refractivity contribution in [1.29, 1.82) is 0 Å². The summed E-state index contributed by atoms with van der Waals surface area (Å²) in [6.07, 6.45) is -4.38. The predicted octanol–water partition coefficient (Wildman–Crippen LogP) is 5.37. The van der Waals surface area contributed by atoms with Crippen molar-refractivity contribution in [3.63, 3.8) is 0 Å². The quantitative estimate of drug-likeness (QED) is 0.491. The molecule has 0 N–H and O–H groups in total. The van der Waals surface area contributed by atoms with Crippen molar-refractivity contribution < 1.29 is 22.7 Å². The molecular weight excluding hydrogens is 443 g/mol. The van der Waals surface area contributed by atoms with Crippen LogP contribution in [0.25, 0.3) is 5.69 Å². The Morgan fingerprint density at radius 1 is 1.19 bits per heavy atom. The van der Waals surface area contributed by atoms with Gasteiger partial charge >= 0.3 is 6.18 Å². The molecule has 9 heteroatoms. The van der Waals surface area contributed by atoms with Crippen LogP contribution in [0.1, 0.15) is 28.1 Å². The average molecular weight is 466 g/mol. The van der Waals surface area contributed by atoms with Gasteiger partial charge in [-0.1, -0.05) is 17.7 Å². The number of likely N-dealkylation sites (N-methyl/N-ethyl adjacent to an activating group) is 1. The van der Waals surface area contributed by atoms with Crippen LogP contribution in [0.5, 0.6) is 5.75 Å². The maximum Gasteiger partial charge on any atom is 0.416 e. The fourth-order valence-electron chi connectivity index (χ4n) is 3.50. The van der Waals surface area contributed by atoms with Crippen LogP contribution in [0.15, 0.2) is 42.5 Å². The standard InChI is InChI=1S/C23H23ClF3N3O2/c1-14-20(12-22(31)29(3)13-16-10-18(24)8-9-21(16)32-4)15(2)30(28-14)19-7-5-6-17(11-19)23(25,26)27/h5-11H,12-13H2,1-4H3. The monoisotopic (exact) mass is 465 g/mol. The minimum atomic E-state index is -4.45. The molecule has 2 aromatic carbocycles. The van der Waals surface area contributed by atoms with Crippen molar-refractivity contribution in [2.75, 3.05) is 14.2 Å². The summed E-state index contributed by atoms with van der Waals surface area (Å²) in [5, 5.41) is 4.92. The number of aromatic nitrogens is 2. The van der Waals surface area contributed by atoms with Crippen LogP contribution < -0.4 is 4.74 Å². The Morgan fingerprint density at radius 3 is 2.56 bits per heavy atom. The van der Waals surface area contributed by atoms with Gasteiger partial charge in [-0.25, -0.2) is 4.68 Å². The Hall–Kier alpha value is -3.00. The molecule has 0 saturated carbocycles. The summed E-state index contributed by atoms with van der Waals surface area (Å²) in [6.45, 7) is 3.77. The fraction of sp³-hybridized carbons (Fsp3) is 0.304. The second-order valence-corrected chi connectivity index (χ2v) is 7.93. The molecule has 0 fully saturated rings. The molecule has 0 aliphatic carbocycles. The molecule has 0 unspecified atom stereocenters. The molecule has 1 amide bonds. The van der Waals surface area contributed by atoms with E-state index in [4.69, 9.17) is 16.3 Å². The van der Waals surface area contributed by atoms with Crippen molar-refractivity contribution in [1.82, 2.24) is 14.7 Å². The molecule has 0 spiro atoms. The number of methoxy groups -OCH3 is 1. The number of amides is 1. The highest BCUT2D eigenvalue weighted by Gasteiger charge is 2.31. The van der Waals surface area contributed by atoms with Gasteiger partial charge in [0.15, 0.2) is 0 Å². The fourth-order valence-corrected chi connectivity index (χ4v) is 3.69. The Bertz CT molecular complexity index is 1140. The number of hydrogen-bond donors (Lipinski definition) is 0. The molecule has 170 valence electrons. The largest absolute Gasteiger partial charge is 0.496 e. The Kier molecular flexibility index (Phi) is 6.83. The van der Waals surface area contributed by atoms with Crippen LogP contribution in [0.4, 0.5) is 13.2 Å². The van der Waals surface area contributed by atoms with Crippen molar-refractivity contribution in [2.45, 2.75) is 33.0 Å². The van der Waals surface area contributed by atoms with Gasteiger partial charge in [0, 0.05) is 35.4 Å². The second kappa shape index (κ2) is 9.24. The number of rotatable bonds is 6.